The molecule has 0 saturated heterocycles. The Balaban J connectivity index is 1.91. The molecule has 1 aromatic rings. The Morgan fingerprint density at radius 2 is 2.05 bits per heavy atom. The van der Waals surface area contributed by atoms with Gasteiger partial charge in [0.15, 0.2) is 0 Å². The van der Waals surface area contributed by atoms with E-state index in [2.05, 4.69) is 10.6 Å². The number of carbonyl (C=O) groups excluding carboxylic acids is 1. The molecule has 1 aliphatic carbocycles. The molecule has 106 valence electrons. The molecule has 1 fully saturated rings. The number of amides is 1. The number of nitrogens with zero attached hydrogens (tertiary/aromatic N) is 1. The molecule has 0 radical (unpaired) electrons. The molecule has 0 aliphatic heterocycles. The fourth-order valence-corrected chi connectivity index (χ4v) is 2.86. The van der Waals surface area contributed by atoms with Crippen LogP contribution in [0.3, 0.4) is 0 Å². The number of nitrogens with one attached hydrogen (secondary N) is 2. The molecule has 0 aromatic heterocycles. The van der Waals surface area contributed by atoms with Gasteiger partial charge in [-0.1, -0.05) is 11.6 Å². The maximum atomic E-state index is 11.6. The average Bonchev–Trinajstić information content (AvgIpc) is 2.47. The number of hydrogen-bond donors (Lipinski definition) is 2. The SMILES string of the molecule is CNC(=O)C1CCC(Nc2ccc(C#N)c(Cl)c2)CC1. The van der Waals surface area contributed by atoms with Crippen molar-refractivity contribution < 1.29 is 4.79 Å². The zero-order valence-electron chi connectivity index (χ0n) is 11.4. The van der Waals surface area contributed by atoms with E-state index in [1.54, 1.807) is 19.2 Å². The summed E-state index contributed by atoms with van der Waals surface area (Å²) in [7, 11) is 1.69. The highest BCUT2D eigenvalue weighted by Crippen LogP contribution is 2.28. The van der Waals surface area contributed by atoms with E-state index >= 15 is 0 Å². The first kappa shape index (κ1) is 14.7. The van der Waals surface area contributed by atoms with Crippen LogP contribution in [0.1, 0.15) is 31.2 Å². The summed E-state index contributed by atoms with van der Waals surface area (Å²) < 4.78 is 0. The van der Waals surface area contributed by atoms with Gasteiger partial charge in [-0.25, -0.2) is 0 Å². The van der Waals surface area contributed by atoms with Crippen molar-refractivity contribution >= 4 is 23.2 Å². The molecule has 0 spiro atoms. The lowest BCUT2D eigenvalue weighted by Gasteiger charge is -2.28. The summed E-state index contributed by atoms with van der Waals surface area (Å²) in [5, 5.41) is 15.4. The molecular weight excluding hydrogens is 274 g/mol. The summed E-state index contributed by atoms with van der Waals surface area (Å²) in [4.78, 5) is 11.6. The standard InChI is InChI=1S/C15H18ClN3O/c1-18-15(20)10-2-5-12(6-3-10)19-13-7-4-11(9-17)14(16)8-13/h4,7-8,10,12,19H,2-3,5-6H2,1H3,(H,18,20). The van der Waals surface area contributed by atoms with Crippen molar-refractivity contribution in [2.75, 3.05) is 12.4 Å². The van der Waals surface area contributed by atoms with Crippen molar-refractivity contribution in [3.05, 3.63) is 28.8 Å². The van der Waals surface area contributed by atoms with Crippen LogP contribution in [0, 0.1) is 17.2 Å². The van der Waals surface area contributed by atoms with E-state index in [1.165, 1.54) is 0 Å². The van der Waals surface area contributed by atoms with Crippen LogP contribution in [0.4, 0.5) is 5.69 Å². The second-order valence-electron chi connectivity index (χ2n) is 5.11. The number of anilines is 1. The molecule has 0 bridgehead atoms. The van der Waals surface area contributed by atoms with Crippen molar-refractivity contribution in [3.63, 3.8) is 0 Å². The van der Waals surface area contributed by atoms with Gasteiger partial charge in [-0.05, 0) is 43.9 Å². The van der Waals surface area contributed by atoms with E-state index in [0.29, 0.717) is 16.6 Å². The molecule has 20 heavy (non-hydrogen) atoms. The Hall–Kier alpha value is -1.73. The third kappa shape index (κ3) is 3.43. The third-order valence-electron chi connectivity index (χ3n) is 3.80. The Morgan fingerprint density at radius 3 is 2.60 bits per heavy atom. The molecule has 2 rings (SSSR count). The van der Waals surface area contributed by atoms with Crippen LogP contribution in [-0.2, 0) is 4.79 Å². The number of carbonyl (C=O) groups is 1. The van der Waals surface area contributed by atoms with Gasteiger partial charge >= 0.3 is 0 Å². The lowest BCUT2D eigenvalue weighted by atomic mass is 9.85. The monoisotopic (exact) mass is 291 g/mol. The van der Waals surface area contributed by atoms with E-state index in [-0.39, 0.29) is 11.8 Å². The highest BCUT2D eigenvalue weighted by Gasteiger charge is 2.25. The predicted molar refractivity (Wildman–Crippen MR) is 79.6 cm³/mol. The second kappa shape index (κ2) is 6.62. The lowest BCUT2D eigenvalue weighted by molar-refractivity contribution is -0.125. The maximum Gasteiger partial charge on any atom is 0.222 e. The molecule has 0 atom stereocenters. The smallest absolute Gasteiger partial charge is 0.222 e. The molecule has 0 unspecified atom stereocenters. The quantitative estimate of drug-likeness (QED) is 0.900. The highest BCUT2D eigenvalue weighted by molar-refractivity contribution is 6.32. The zero-order valence-corrected chi connectivity index (χ0v) is 12.2. The summed E-state index contributed by atoms with van der Waals surface area (Å²) in [5.41, 5.74) is 1.41. The summed E-state index contributed by atoms with van der Waals surface area (Å²) >= 11 is 6.02. The normalized spacial score (nSPS) is 21.9. The average molecular weight is 292 g/mol. The van der Waals surface area contributed by atoms with Gasteiger partial charge in [0, 0.05) is 24.7 Å². The summed E-state index contributed by atoms with van der Waals surface area (Å²) in [6.45, 7) is 0. The number of rotatable bonds is 3. The van der Waals surface area contributed by atoms with Crippen LogP contribution in [0.2, 0.25) is 5.02 Å². The van der Waals surface area contributed by atoms with Crippen LogP contribution in [0.5, 0.6) is 0 Å². The van der Waals surface area contributed by atoms with E-state index in [9.17, 15) is 4.79 Å². The summed E-state index contributed by atoms with van der Waals surface area (Å²) in [6, 6.07) is 7.78. The Bertz CT molecular complexity index is 530. The number of halogens is 1. The zero-order chi connectivity index (χ0) is 14.5. The number of hydrogen-bond acceptors (Lipinski definition) is 3. The first-order chi connectivity index (χ1) is 9.63. The molecule has 1 saturated carbocycles. The number of benzene rings is 1. The van der Waals surface area contributed by atoms with Crippen molar-refractivity contribution in [1.29, 1.82) is 5.26 Å². The van der Waals surface area contributed by atoms with Crippen LogP contribution in [0.25, 0.3) is 0 Å². The summed E-state index contributed by atoms with van der Waals surface area (Å²) in [6.07, 6.45) is 3.74. The molecule has 0 heterocycles. The van der Waals surface area contributed by atoms with Gasteiger partial charge < -0.3 is 10.6 Å². The van der Waals surface area contributed by atoms with Gasteiger partial charge in [0.2, 0.25) is 5.91 Å². The van der Waals surface area contributed by atoms with Crippen LogP contribution >= 0.6 is 11.6 Å². The van der Waals surface area contributed by atoms with Gasteiger partial charge in [0.05, 0.1) is 10.6 Å². The minimum Gasteiger partial charge on any atom is -0.382 e. The first-order valence-electron chi connectivity index (χ1n) is 6.82. The second-order valence-corrected chi connectivity index (χ2v) is 5.52. The molecule has 1 aliphatic rings. The molecule has 4 nitrogen and oxygen atoms in total. The van der Waals surface area contributed by atoms with Crippen molar-refractivity contribution in [3.8, 4) is 6.07 Å². The molecule has 1 aromatic carbocycles. The van der Waals surface area contributed by atoms with Crippen LogP contribution in [-0.4, -0.2) is 19.0 Å². The highest BCUT2D eigenvalue weighted by atomic mass is 35.5. The lowest BCUT2D eigenvalue weighted by Crippen LogP contribution is -2.34. The maximum absolute atomic E-state index is 11.6. The largest absolute Gasteiger partial charge is 0.382 e. The fourth-order valence-electron chi connectivity index (χ4n) is 2.64. The van der Waals surface area contributed by atoms with Crippen molar-refractivity contribution in [1.82, 2.24) is 5.32 Å². The van der Waals surface area contributed by atoms with E-state index in [0.717, 1.165) is 31.4 Å². The van der Waals surface area contributed by atoms with Gasteiger partial charge in [0.1, 0.15) is 6.07 Å². The Morgan fingerprint density at radius 1 is 1.35 bits per heavy atom. The van der Waals surface area contributed by atoms with E-state index < -0.39 is 0 Å². The minimum atomic E-state index is 0.141. The van der Waals surface area contributed by atoms with E-state index in [1.807, 2.05) is 12.1 Å². The van der Waals surface area contributed by atoms with Gasteiger partial charge in [-0.15, -0.1) is 0 Å². The minimum absolute atomic E-state index is 0.141. The Kier molecular flexibility index (Phi) is 4.86. The molecule has 2 N–H and O–H groups in total. The topological polar surface area (TPSA) is 64.9 Å². The molecular formula is C15H18ClN3O. The molecule has 1 amide bonds. The first-order valence-corrected chi connectivity index (χ1v) is 7.19. The third-order valence-corrected chi connectivity index (χ3v) is 4.12. The predicted octanol–water partition coefficient (Wildman–Crippen LogP) is 2.93. The van der Waals surface area contributed by atoms with Gasteiger partial charge in [-0.3, -0.25) is 4.79 Å². The van der Waals surface area contributed by atoms with Crippen LogP contribution in [0.15, 0.2) is 18.2 Å². The Labute approximate surface area is 124 Å². The van der Waals surface area contributed by atoms with E-state index in [4.69, 9.17) is 16.9 Å². The van der Waals surface area contributed by atoms with Crippen LogP contribution < -0.4 is 10.6 Å². The van der Waals surface area contributed by atoms with Gasteiger partial charge in [0.25, 0.3) is 0 Å². The fraction of sp³-hybridized carbons (Fsp3) is 0.467. The van der Waals surface area contributed by atoms with Crippen molar-refractivity contribution in [2.24, 2.45) is 5.92 Å². The molecule has 5 heteroatoms. The number of nitriles is 1. The van der Waals surface area contributed by atoms with Crippen molar-refractivity contribution in [2.45, 2.75) is 31.7 Å². The summed E-state index contributed by atoms with van der Waals surface area (Å²) in [5.74, 6) is 0.285. The van der Waals surface area contributed by atoms with Gasteiger partial charge in [-0.2, -0.15) is 5.26 Å².